The smallest absolute Gasteiger partial charge is 0.147 e. The Morgan fingerprint density at radius 1 is 1.30 bits per heavy atom. The highest BCUT2D eigenvalue weighted by molar-refractivity contribution is 7.90. The van der Waals surface area contributed by atoms with E-state index in [1.807, 2.05) is 37.3 Å². The Kier molecular flexibility index (Phi) is 4.25. The molecular weight excluding hydrogens is 274 g/mol. The van der Waals surface area contributed by atoms with Gasteiger partial charge in [-0.3, -0.25) is 0 Å². The van der Waals surface area contributed by atoms with E-state index in [1.54, 1.807) is 0 Å². The van der Waals surface area contributed by atoms with Gasteiger partial charge in [0, 0.05) is 17.5 Å². The van der Waals surface area contributed by atoms with Crippen LogP contribution in [0.25, 0.3) is 11.3 Å². The SMILES string of the molecule is Cc1[nH]c(C(N)CCS(C)(=O)=O)nc1-c1ccccc1. The Bertz CT molecular complexity index is 678. The fourth-order valence-electron chi connectivity index (χ4n) is 2.01. The van der Waals surface area contributed by atoms with Crippen molar-refractivity contribution in [3.8, 4) is 11.3 Å². The van der Waals surface area contributed by atoms with Gasteiger partial charge in [0.2, 0.25) is 0 Å². The van der Waals surface area contributed by atoms with Gasteiger partial charge in [-0.2, -0.15) is 0 Å². The number of nitrogens with one attached hydrogen (secondary N) is 1. The lowest BCUT2D eigenvalue weighted by molar-refractivity contribution is 0.587. The van der Waals surface area contributed by atoms with E-state index in [0.717, 1.165) is 17.0 Å². The van der Waals surface area contributed by atoms with Gasteiger partial charge in [0.15, 0.2) is 0 Å². The van der Waals surface area contributed by atoms with E-state index >= 15 is 0 Å². The van der Waals surface area contributed by atoms with Crippen molar-refractivity contribution in [1.82, 2.24) is 9.97 Å². The second-order valence-corrected chi connectivity index (χ2v) is 7.25. The molecule has 0 saturated carbocycles. The molecular formula is C14H19N3O2S. The molecule has 1 aromatic carbocycles. The summed E-state index contributed by atoms with van der Waals surface area (Å²) in [7, 11) is -3.00. The third-order valence-corrected chi connectivity index (χ3v) is 4.08. The van der Waals surface area contributed by atoms with Crippen LogP contribution in [0.5, 0.6) is 0 Å². The third-order valence-electron chi connectivity index (χ3n) is 3.10. The van der Waals surface area contributed by atoms with E-state index in [-0.39, 0.29) is 5.75 Å². The highest BCUT2D eigenvalue weighted by atomic mass is 32.2. The van der Waals surface area contributed by atoms with Gasteiger partial charge in [-0.25, -0.2) is 13.4 Å². The number of nitrogens with zero attached hydrogens (tertiary/aromatic N) is 1. The molecule has 1 unspecified atom stereocenters. The van der Waals surface area contributed by atoms with E-state index in [4.69, 9.17) is 5.73 Å². The lowest BCUT2D eigenvalue weighted by Gasteiger charge is -2.07. The normalized spacial score (nSPS) is 13.3. The molecule has 0 spiro atoms. The molecule has 3 N–H and O–H groups in total. The van der Waals surface area contributed by atoms with Crippen LogP contribution in [0.1, 0.15) is 24.0 Å². The molecule has 0 bridgehead atoms. The van der Waals surface area contributed by atoms with Crippen LogP contribution in [-0.4, -0.2) is 30.4 Å². The van der Waals surface area contributed by atoms with Crippen LogP contribution in [0.3, 0.4) is 0 Å². The number of sulfone groups is 1. The van der Waals surface area contributed by atoms with Gasteiger partial charge >= 0.3 is 0 Å². The van der Waals surface area contributed by atoms with Crippen molar-refractivity contribution < 1.29 is 8.42 Å². The van der Waals surface area contributed by atoms with Gasteiger partial charge in [-0.05, 0) is 13.3 Å². The zero-order valence-electron chi connectivity index (χ0n) is 11.6. The number of aromatic amines is 1. The molecule has 0 aliphatic carbocycles. The Morgan fingerprint density at radius 3 is 2.55 bits per heavy atom. The first-order chi connectivity index (χ1) is 9.37. The maximum absolute atomic E-state index is 11.2. The molecule has 2 rings (SSSR count). The second kappa shape index (κ2) is 5.76. The highest BCUT2D eigenvalue weighted by Crippen LogP contribution is 2.23. The molecule has 6 heteroatoms. The number of aryl methyl sites for hydroxylation is 1. The van der Waals surface area contributed by atoms with Crippen LogP contribution < -0.4 is 5.73 Å². The highest BCUT2D eigenvalue weighted by Gasteiger charge is 2.16. The average molecular weight is 293 g/mol. The Balaban J connectivity index is 2.19. The van der Waals surface area contributed by atoms with Crippen molar-refractivity contribution in [1.29, 1.82) is 0 Å². The maximum Gasteiger partial charge on any atom is 0.147 e. The van der Waals surface area contributed by atoms with Crippen molar-refractivity contribution in [2.75, 3.05) is 12.0 Å². The van der Waals surface area contributed by atoms with Crippen LogP contribution >= 0.6 is 0 Å². The Morgan fingerprint density at radius 2 is 1.95 bits per heavy atom. The lowest BCUT2D eigenvalue weighted by atomic mass is 10.1. The summed E-state index contributed by atoms with van der Waals surface area (Å²) < 4.78 is 22.3. The van der Waals surface area contributed by atoms with Crippen LogP contribution in [0.15, 0.2) is 30.3 Å². The minimum absolute atomic E-state index is 0.0641. The van der Waals surface area contributed by atoms with Crippen molar-refractivity contribution in [3.63, 3.8) is 0 Å². The molecule has 0 aliphatic heterocycles. The third kappa shape index (κ3) is 3.68. The molecule has 108 valence electrons. The summed E-state index contributed by atoms with van der Waals surface area (Å²) in [6.07, 6.45) is 1.57. The van der Waals surface area contributed by atoms with Gasteiger partial charge in [0.05, 0.1) is 17.5 Å². The predicted octanol–water partition coefficient (Wildman–Crippen LogP) is 1.82. The number of nitrogens with two attached hydrogens (primary N) is 1. The molecule has 20 heavy (non-hydrogen) atoms. The topological polar surface area (TPSA) is 88.8 Å². The number of hydrogen-bond acceptors (Lipinski definition) is 4. The summed E-state index contributed by atoms with van der Waals surface area (Å²) in [5.74, 6) is 0.694. The van der Waals surface area contributed by atoms with E-state index in [9.17, 15) is 8.42 Å². The summed E-state index contributed by atoms with van der Waals surface area (Å²) in [6.45, 7) is 1.93. The second-order valence-electron chi connectivity index (χ2n) is 4.99. The minimum atomic E-state index is -3.00. The van der Waals surface area contributed by atoms with Crippen molar-refractivity contribution >= 4 is 9.84 Å². The van der Waals surface area contributed by atoms with Crippen LogP contribution in [0.4, 0.5) is 0 Å². The summed E-state index contributed by atoms with van der Waals surface area (Å²) in [4.78, 5) is 7.65. The van der Waals surface area contributed by atoms with Gasteiger partial charge in [0.25, 0.3) is 0 Å². The molecule has 0 fully saturated rings. The molecule has 1 heterocycles. The van der Waals surface area contributed by atoms with E-state index < -0.39 is 15.9 Å². The van der Waals surface area contributed by atoms with E-state index in [0.29, 0.717) is 12.2 Å². The first-order valence-corrected chi connectivity index (χ1v) is 8.48. The molecule has 0 amide bonds. The van der Waals surface area contributed by atoms with Crippen LogP contribution in [-0.2, 0) is 9.84 Å². The molecule has 0 radical (unpaired) electrons. The number of benzene rings is 1. The van der Waals surface area contributed by atoms with Crippen LogP contribution in [0.2, 0.25) is 0 Å². The van der Waals surface area contributed by atoms with Gasteiger partial charge < -0.3 is 10.7 Å². The summed E-state index contributed by atoms with van der Waals surface area (Å²) in [6, 6.07) is 9.41. The Labute approximate surface area is 119 Å². The molecule has 0 saturated heterocycles. The minimum Gasteiger partial charge on any atom is -0.344 e. The average Bonchev–Trinajstić information content (AvgIpc) is 2.78. The quantitative estimate of drug-likeness (QED) is 0.880. The van der Waals surface area contributed by atoms with Crippen molar-refractivity contribution in [3.05, 3.63) is 41.9 Å². The molecule has 5 nitrogen and oxygen atoms in total. The van der Waals surface area contributed by atoms with E-state index in [1.165, 1.54) is 6.26 Å². The number of aromatic nitrogens is 2. The number of H-pyrrole nitrogens is 1. The van der Waals surface area contributed by atoms with Gasteiger partial charge in [-0.1, -0.05) is 30.3 Å². The molecule has 1 aromatic heterocycles. The fraction of sp³-hybridized carbons (Fsp3) is 0.357. The number of hydrogen-bond donors (Lipinski definition) is 2. The molecule has 0 aliphatic rings. The molecule has 1 atom stereocenters. The summed E-state index contributed by atoms with van der Waals surface area (Å²) in [5, 5.41) is 0. The molecule has 2 aromatic rings. The predicted molar refractivity (Wildman–Crippen MR) is 80.0 cm³/mol. The standard InChI is InChI=1S/C14H19N3O2S/c1-10-13(11-6-4-3-5-7-11)17-14(16-10)12(15)8-9-20(2,18)19/h3-7,12H,8-9,15H2,1-2H3,(H,16,17). The zero-order valence-corrected chi connectivity index (χ0v) is 12.4. The number of rotatable bonds is 5. The number of imidazole rings is 1. The van der Waals surface area contributed by atoms with Crippen LogP contribution in [0, 0.1) is 6.92 Å². The zero-order chi connectivity index (χ0) is 14.8. The largest absolute Gasteiger partial charge is 0.344 e. The first-order valence-electron chi connectivity index (χ1n) is 6.42. The first kappa shape index (κ1) is 14.7. The lowest BCUT2D eigenvalue weighted by Crippen LogP contribution is -2.17. The summed E-state index contributed by atoms with van der Waals surface area (Å²) >= 11 is 0. The van der Waals surface area contributed by atoms with Gasteiger partial charge in [0.1, 0.15) is 15.7 Å². The van der Waals surface area contributed by atoms with Crippen molar-refractivity contribution in [2.24, 2.45) is 5.73 Å². The van der Waals surface area contributed by atoms with Gasteiger partial charge in [-0.15, -0.1) is 0 Å². The maximum atomic E-state index is 11.2. The monoisotopic (exact) mass is 293 g/mol. The Hall–Kier alpha value is -1.66. The summed E-state index contributed by atoms with van der Waals surface area (Å²) in [5.41, 5.74) is 8.81. The fourth-order valence-corrected chi connectivity index (χ4v) is 2.70. The van der Waals surface area contributed by atoms with E-state index in [2.05, 4.69) is 9.97 Å². The van der Waals surface area contributed by atoms with Crippen molar-refractivity contribution in [2.45, 2.75) is 19.4 Å².